The van der Waals surface area contributed by atoms with Gasteiger partial charge in [0.05, 0.1) is 17.6 Å². The van der Waals surface area contributed by atoms with Crippen molar-refractivity contribution in [1.82, 2.24) is 9.97 Å². The molecule has 102 valence electrons. The molecule has 0 saturated carbocycles. The van der Waals surface area contributed by atoms with Crippen LogP contribution in [0.3, 0.4) is 0 Å². The lowest BCUT2D eigenvalue weighted by Gasteiger charge is -2.09. The summed E-state index contributed by atoms with van der Waals surface area (Å²) in [6.07, 6.45) is 4.32. The summed E-state index contributed by atoms with van der Waals surface area (Å²) in [7, 11) is 0. The monoisotopic (exact) mass is 288 g/mol. The van der Waals surface area contributed by atoms with Gasteiger partial charge in [0.25, 0.3) is 5.91 Å². The maximum atomic E-state index is 12.0. The molecule has 0 aliphatic rings. The van der Waals surface area contributed by atoms with Crippen molar-refractivity contribution in [2.75, 3.05) is 11.1 Å². The summed E-state index contributed by atoms with van der Waals surface area (Å²) < 4.78 is 0. The normalized spacial score (nSPS) is 10.0. The van der Waals surface area contributed by atoms with Crippen LogP contribution in [0.2, 0.25) is 0 Å². The van der Waals surface area contributed by atoms with E-state index >= 15 is 0 Å². The van der Waals surface area contributed by atoms with E-state index in [1.807, 2.05) is 6.07 Å². The van der Waals surface area contributed by atoms with Gasteiger partial charge in [-0.3, -0.25) is 14.6 Å². The number of para-hydroxylation sites is 1. The highest BCUT2D eigenvalue weighted by atomic mass is 32.2. The smallest absolute Gasteiger partial charge is 0.275 e. The molecule has 1 heterocycles. The highest BCUT2D eigenvalue weighted by Gasteiger charge is 2.10. The number of hydrogen-bond donors (Lipinski definition) is 2. The topological polar surface area (TPSA) is 98.0 Å². The van der Waals surface area contributed by atoms with E-state index < -0.39 is 5.91 Å². The van der Waals surface area contributed by atoms with Crippen molar-refractivity contribution in [2.24, 2.45) is 5.73 Å². The fourth-order valence-electron chi connectivity index (χ4n) is 1.45. The van der Waals surface area contributed by atoms with Crippen molar-refractivity contribution in [2.45, 2.75) is 4.90 Å². The maximum absolute atomic E-state index is 12.0. The highest BCUT2D eigenvalue weighted by Crippen LogP contribution is 2.26. The second-order valence-electron chi connectivity index (χ2n) is 3.80. The molecular weight excluding hydrogens is 276 g/mol. The first-order chi connectivity index (χ1) is 9.66. The van der Waals surface area contributed by atoms with Crippen molar-refractivity contribution in [3.05, 3.63) is 48.5 Å². The van der Waals surface area contributed by atoms with Gasteiger partial charge in [-0.1, -0.05) is 12.1 Å². The van der Waals surface area contributed by atoms with Gasteiger partial charge in [0.2, 0.25) is 5.91 Å². The minimum absolute atomic E-state index is 0.151. The Bertz CT molecular complexity index is 619. The number of aromatic nitrogens is 2. The van der Waals surface area contributed by atoms with Crippen molar-refractivity contribution in [3.63, 3.8) is 0 Å². The largest absolute Gasteiger partial charge is 0.369 e. The molecule has 1 aromatic carbocycles. The molecule has 0 radical (unpaired) electrons. The van der Waals surface area contributed by atoms with E-state index in [0.717, 1.165) is 4.90 Å². The number of primary amides is 1. The van der Waals surface area contributed by atoms with Crippen LogP contribution in [0.25, 0.3) is 0 Å². The van der Waals surface area contributed by atoms with E-state index in [2.05, 4.69) is 15.3 Å². The SMILES string of the molecule is NC(=O)CSc1ccccc1NC(=O)c1cnccn1. The van der Waals surface area contributed by atoms with Gasteiger partial charge in [-0.05, 0) is 12.1 Å². The van der Waals surface area contributed by atoms with Crippen molar-refractivity contribution in [1.29, 1.82) is 0 Å². The molecule has 0 aliphatic heterocycles. The molecule has 2 amide bonds. The Labute approximate surface area is 119 Å². The molecule has 2 rings (SSSR count). The summed E-state index contributed by atoms with van der Waals surface area (Å²) in [6, 6.07) is 7.17. The number of carbonyl (C=O) groups excluding carboxylic acids is 2. The third-order valence-electron chi connectivity index (χ3n) is 2.30. The number of rotatable bonds is 5. The standard InChI is InChI=1S/C13H12N4O2S/c14-12(18)8-20-11-4-2-1-3-9(11)17-13(19)10-7-15-5-6-16-10/h1-7H,8H2,(H2,14,18)(H,17,19). The van der Waals surface area contributed by atoms with Crippen LogP contribution in [-0.2, 0) is 4.79 Å². The Morgan fingerprint density at radius 2 is 2.05 bits per heavy atom. The number of hydrogen-bond acceptors (Lipinski definition) is 5. The molecule has 20 heavy (non-hydrogen) atoms. The van der Waals surface area contributed by atoms with Gasteiger partial charge >= 0.3 is 0 Å². The minimum Gasteiger partial charge on any atom is -0.369 e. The van der Waals surface area contributed by atoms with Gasteiger partial charge < -0.3 is 11.1 Å². The zero-order chi connectivity index (χ0) is 14.4. The summed E-state index contributed by atoms with van der Waals surface area (Å²) in [5, 5.41) is 2.74. The van der Waals surface area contributed by atoms with Gasteiger partial charge in [-0.15, -0.1) is 11.8 Å². The predicted molar refractivity (Wildman–Crippen MR) is 76.3 cm³/mol. The lowest BCUT2D eigenvalue weighted by atomic mass is 10.3. The molecule has 0 aliphatic carbocycles. The molecule has 0 atom stereocenters. The zero-order valence-corrected chi connectivity index (χ0v) is 11.3. The van der Waals surface area contributed by atoms with Gasteiger partial charge in [0.15, 0.2) is 0 Å². The molecule has 0 unspecified atom stereocenters. The summed E-state index contributed by atoms with van der Waals surface area (Å²) in [4.78, 5) is 31.3. The predicted octanol–water partition coefficient (Wildman–Crippen LogP) is 1.31. The lowest BCUT2D eigenvalue weighted by molar-refractivity contribution is -0.115. The molecule has 3 N–H and O–H groups in total. The second-order valence-corrected chi connectivity index (χ2v) is 4.81. The number of anilines is 1. The summed E-state index contributed by atoms with van der Waals surface area (Å²) >= 11 is 1.27. The average molecular weight is 288 g/mol. The van der Waals surface area contributed by atoms with Gasteiger partial charge in [0.1, 0.15) is 5.69 Å². The Kier molecular flexibility index (Phi) is 4.67. The highest BCUT2D eigenvalue weighted by molar-refractivity contribution is 8.00. The zero-order valence-electron chi connectivity index (χ0n) is 10.4. The number of benzene rings is 1. The van der Waals surface area contributed by atoms with Crippen molar-refractivity contribution >= 4 is 29.3 Å². The number of nitrogens with one attached hydrogen (secondary N) is 1. The van der Waals surface area contributed by atoms with E-state index in [9.17, 15) is 9.59 Å². The van der Waals surface area contributed by atoms with Crippen LogP contribution < -0.4 is 11.1 Å². The van der Waals surface area contributed by atoms with Crippen LogP contribution in [0.5, 0.6) is 0 Å². The van der Waals surface area contributed by atoms with Gasteiger partial charge in [-0.2, -0.15) is 0 Å². The van der Waals surface area contributed by atoms with E-state index in [1.165, 1.54) is 30.4 Å². The number of nitrogens with two attached hydrogens (primary N) is 1. The lowest BCUT2D eigenvalue weighted by Crippen LogP contribution is -2.15. The summed E-state index contributed by atoms with van der Waals surface area (Å²) in [6.45, 7) is 0. The van der Waals surface area contributed by atoms with Crippen LogP contribution in [0.15, 0.2) is 47.8 Å². The average Bonchev–Trinajstić information content (AvgIpc) is 2.47. The Balaban J connectivity index is 2.13. The first-order valence-electron chi connectivity index (χ1n) is 5.74. The van der Waals surface area contributed by atoms with Crippen LogP contribution in [0, 0.1) is 0 Å². The molecule has 0 spiro atoms. The molecule has 6 nitrogen and oxygen atoms in total. The van der Waals surface area contributed by atoms with Gasteiger partial charge in [-0.25, -0.2) is 4.98 Å². The third-order valence-corrected chi connectivity index (χ3v) is 3.40. The Morgan fingerprint density at radius 3 is 2.75 bits per heavy atom. The first kappa shape index (κ1) is 14.0. The number of carbonyl (C=O) groups is 2. The van der Waals surface area contributed by atoms with Crippen LogP contribution in [0.1, 0.15) is 10.5 Å². The van der Waals surface area contributed by atoms with Crippen molar-refractivity contribution in [3.8, 4) is 0 Å². The molecule has 0 fully saturated rings. The Hall–Kier alpha value is -2.41. The summed E-state index contributed by atoms with van der Waals surface area (Å²) in [5.41, 5.74) is 5.95. The van der Waals surface area contributed by atoms with Crippen LogP contribution in [-0.4, -0.2) is 27.5 Å². The third kappa shape index (κ3) is 3.79. The second kappa shape index (κ2) is 6.67. The van der Waals surface area contributed by atoms with E-state index in [4.69, 9.17) is 5.73 Å². The van der Waals surface area contributed by atoms with Crippen molar-refractivity contribution < 1.29 is 9.59 Å². The number of amides is 2. The van der Waals surface area contributed by atoms with E-state index in [0.29, 0.717) is 5.69 Å². The summed E-state index contributed by atoms with van der Waals surface area (Å²) in [5.74, 6) is -0.617. The first-order valence-corrected chi connectivity index (χ1v) is 6.73. The number of nitrogens with zero attached hydrogens (tertiary/aromatic N) is 2. The Morgan fingerprint density at radius 1 is 1.25 bits per heavy atom. The quantitative estimate of drug-likeness (QED) is 0.808. The maximum Gasteiger partial charge on any atom is 0.275 e. The van der Waals surface area contributed by atoms with Crippen LogP contribution in [0.4, 0.5) is 5.69 Å². The minimum atomic E-state index is -0.412. The number of thioether (sulfide) groups is 1. The molecule has 0 saturated heterocycles. The fraction of sp³-hybridized carbons (Fsp3) is 0.0769. The van der Waals surface area contributed by atoms with E-state index in [-0.39, 0.29) is 17.4 Å². The van der Waals surface area contributed by atoms with E-state index in [1.54, 1.807) is 18.2 Å². The molecule has 2 aromatic rings. The molecule has 1 aromatic heterocycles. The molecular formula is C13H12N4O2S. The fourth-order valence-corrected chi connectivity index (χ4v) is 2.19. The van der Waals surface area contributed by atoms with Gasteiger partial charge in [0, 0.05) is 17.3 Å². The molecule has 0 bridgehead atoms. The van der Waals surface area contributed by atoms with Crippen LogP contribution >= 0.6 is 11.8 Å². The molecule has 7 heteroatoms.